The van der Waals surface area contributed by atoms with Crippen LogP contribution in [0.3, 0.4) is 0 Å². The minimum atomic E-state index is -0.0792. The SMILES string of the molecule is Cc1occc1C(=O)N1CC[C@H]2[C@H]1CC(=O)N2c1cccnc1. The molecular formula is C17H17N3O3. The van der Waals surface area contributed by atoms with Crippen LogP contribution in [0.25, 0.3) is 0 Å². The Bertz CT molecular complexity index is 755. The second kappa shape index (κ2) is 5.22. The van der Waals surface area contributed by atoms with Crippen molar-refractivity contribution in [2.24, 2.45) is 0 Å². The Morgan fingerprint density at radius 1 is 1.35 bits per heavy atom. The highest BCUT2D eigenvalue weighted by Gasteiger charge is 2.49. The zero-order chi connectivity index (χ0) is 16.0. The Kier molecular flexibility index (Phi) is 3.18. The van der Waals surface area contributed by atoms with Gasteiger partial charge in [-0.2, -0.15) is 0 Å². The van der Waals surface area contributed by atoms with Crippen LogP contribution in [-0.4, -0.2) is 40.3 Å². The van der Waals surface area contributed by atoms with Crippen molar-refractivity contribution in [1.82, 2.24) is 9.88 Å². The van der Waals surface area contributed by atoms with E-state index in [9.17, 15) is 9.59 Å². The van der Waals surface area contributed by atoms with E-state index in [1.807, 2.05) is 17.0 Å². The van der Waals surface area contributed by atoms with Crippen molar-refractivity contribution >= 4 is 17.5 Å². The molecule has 118 valence electrons. The molecule has 0 spiro atoms. The molecule has 4 rings (SSSR count). The van der Waals surface area contributed by atoms with E-state index in [0.29, 0.717) is 24.3 Å². The molecule has 2 aliphatic rings. The van der Waals surface area contributed by atoms with Gasteiger partial charge in [-0.3, -0.25) is 14.6 Å². The first-order valence-corrected chi connectivity index (χ1v) is 7.74. The van der Waals surface area contributed by atoms with E-state index in [4.69, 9.17) is 4.42 Å². The van der Waals surface area contributed by atoms with Crippen molar-refractivity contribution < 1.29 is 14.0 Å². The normalized spacial score (nSPS) is 23.4. The molecule has 0 aliphatic carbocycles. The van der Waals surface area contributed by atoms with E-state index >= 15 is 0 Å². The number of nitrogens with zero attached hydrogens (tertiary/aromatic N) is 3. The van der Waals surface area contributed by atoms with Crippen molar-refractivity contribution in [3.05, 3.63) is 48.2 Å². The number of amides is 2. The standard InChI is InChI=1S/C17H17N3O3/c1-11-13(5-8-23-11)17(22)19-7-4-14-15(19)9-16(21)20(14)12-3-2-6-18-10-12/h2-3,5-6,8,10,14-15H,4,7,9H2,1H3/t14-,15+/m0/s1. The van der Waals surface area contributed by atoms with Crippen molar-refractivity contribution in [3.8, 4) is 0 Å². The van der Waals surface area contributed by atoms with Gasteiger partial charge in [0.25, 0.3) is 5.91 Å². The first-order chi connectivity index (χ1) is 11.2. The average Bonchev–Trinajstić information content (AvgIpc) is 3.22. The lowest BCUT2D eigenvalue weighted by molar-refractivity contribution is -0.117. The van der Waals surface area contributed by atoms with E-state index in [1.165, 1.54) is 6.26 Å². The molecule has 2 saturated heterocycles. The van der Waals surface area contributed by atoms with E-state index < -0.39 is 0 Å². The molecule has 2 amide bonds. The highest BCUT2D eigenvalue weighted by molar-refractivity contribution is 6.00. The molecule has 2 aromatic heterocycles. The lowest BCUT2D eigenvalue weighted by Crippen LogP contribution is -2.40. The second-order valence-corrected chi connectivity index (χ2v) is 5.99. The van der Waals surface area contributed by atoms with Crippen LogP contribution >= 0.6 is 0 Å². The molecular weight excluding hydrogens is 294 g/mol. The van der Waals surface area contributed by atoms with Crippen LogP contribution < -0.4 is 4.90 Å². The van der Waals surface area contributed by atoms with Crippen LogP contribution in [0, 0.1) is 6.92 Å². The molecule has 0 unspecified atom stereocenters. The maximum absolute atomic E-state index is 12.7. The van der Waals surface area contributed by atoms with Gasteiger partial charge < -0.3 is 14.2 Å². The van der Waals surface area contributed by atoms with Crippen LogP contribution in [0.15, 0.2) is 41.3 Å². The van der Waals surface area contributed by atoms with E-state index in [0.717, 1.165) is 12.1 Å². The number of anilines is 1. The molecule has 2 atom stereocenters. The third-order valence-electron chi connectivity index (χ3n) is 4.77. The fourth-order valence-corrected chi connectivity index (χ4v) is 3.69. The molecule has 23 heavy (non-hydrogen) atoms. The van der Waals surface area contributed by atoms with Gasteiger partial charge >= 0.3 is 0 Å². The highest BCUT2D eigenvalue weighted by atomic mass is 16.3. The summed E-state index contributed by atoms with van der Waals surface area (Å²) in [4.78, 5) is 32.9. The quantitative estimate of drug-likeness (QED) is 0.851. The monoisotopic (exact) mass is 311 g/mol. The maximum Gasteiger partial charge on any atom is 0.257 e. The fraction of sp³-hybridized carbons (Fsp3) is 0.353. The van der Waals surface area contributed by atoms with Crippen LogP contribution in [0.1, 0.15) is 29.0 Å². The lowest BCUT2D eigenvalue weighted by Gasteiger charge is -2.25. The Morgan fingerprint density at radius 2 is 2.22 bits per heavy atom. The van der Waals surface area contributed by atoms with E-state index in [1.54, 1.807) is 30.3 Å². The summed E-state index contributed by atoms with van der Waals surface area (Å²) in [5.74, 6) is 0.617. The number of aromatic nitrogens is 1. The Balaban J connectivity index is 1.61. The fourth-order valence-electron chi connectivity index (χ4n) is 3.69. The Morgan fingerprint density at radius 3 is 2.91 bits per heavy atom. The summed E-state index contributed by atoms with van der Waals surface area (Å²) in [5, 5.41) is 0. The van der Waals surface area contributed by atoms with Crippen LogP contribution in [0.4, 0.5) is 5.69 Å². The van der Waals surface area contributed by atoms with Gasteiger partial charge in [0.2, 0.25) is 5.91 Å². The molecule has 6 nitrogen and oxygen atoms in total. The molecule has 0 radical (unpaired) electrons. The number of hydrogen-bond acceptors (Lipinski definition) is 4. The largest absolute Gasteiger partial charge is 0.469 e. The van der Waals surface area contributed by atoms with E-state index in [2.05, 4.69) is 4.98 Å². The summed E-state index contributed by atoms with van der Waals surface area (Å²) in [7, 11) is 0. The Hall–Kier alpha value is -2.63. The van der Waals surface area contributed by atoms with Crippen molar-refractivity contribution in [1.29, 1.82) is 0 Å². The number of rotatable bonds is 2. The Labute approximate surface area is 133 Å². The van der Waals surface area contributed by atoms with Crippen molar-refractivity contribution in [3.63, 3.8) is 0 Å². The zero-order valence-corrected chi connectivity index (χ0v) is 12.8. The summed E-state index contributed by atoms with van der Waals surface area (Å²) in [6, 6.07) is 5.36. The molecule has 0 saturated carbocycles. The molecule has 4 heterocycles. The molecule has 0 bridgehead atoms. The minimum absolute atomic E-state index is 0.0304. The molecule has 0 aromatic carbocycles. The predicted molar refractivity (Wildman–Crippen MR) is 83.0 cm³/mol. The molecule has 2 fully saturated rings. The lowest BCUT2D eigenvalue weighted by atomic mass is 10.1. The number of carbonyl (C=O) groups is 2. The number of hydrogen-bond donors (Lipinski definition) is 0. The van der Waals surface area contributed by atoms with Crippen molar-refractivity contribution in [2.75, 3.05) is 11.4 Å². The van der Waals surface area contributed by atoms with Crippen molar-refractivity contribution in [2.45, 2.75) is 31.8 Å². The first kappa shape index (κ1) is 14.0. The van der Waals surface area contributed by atoms with Gasteiger partial charge in [-0.25, -0.2) is 0 Å². The minimum Gasteiger partial charge on any atom is -0.469 e. The smallest absolute Gasteiger partial charge is 0.257 e. The van der Waals surface area contributed by atoms with Crippen LogP contribution in [0.5, 0.6) is 0 Å². The second-order valence-electron chi connectivity index (χ2n) is 5.99. The number of pyridine rings is 1. The molecule has 0 N–H and O–H groups in total. The van der Waals surface area contributed by atoms with Gasteiger partial charge in [0, 0.05) is 19.2 Å². The number of aryl methyl sites for hydroxylation is 1. The predicted octanol–water partition coefficient (Wildman–Crippen LogP) is 2.00. The maximum atomic E-state index is 12.7. The van der Waals surface area contributed by atoms with E-state index in [-0.39, 0.29) is 23.9 Å². The third-order valence-corrected chi connectivity index (χ3v) is 4.77. The number of carbonyl (C=O) groups excluding carboxylic acids is 2. The highest BCUT2D eigenvalue weighted by Crippen LogP contribution is 2.36. The molecule has 2 aromatic rings. The average molecular weight is 311 g/mol. The van der Waals surface area contributed by atoms with Gasteiger partial charge in [0.15, 0.2) is 0 Å². The summed E-state index contributed by atoms with van der Waals surface area (Å²) in [5.41, 5.74) is 1.39. The summed E-state index contributed by atoms with van der Waals surface area (Å²) in [6.45, 7) is 2.44. The zero-order valence-electron chi connectivity index (χ0n) is 12.8. The number of fused-ring (bicyclic) bond motifs is 1. The summed E-state index contributed by atoms with van der Waals surface area (Å²) < 4.78 is 5.23. The van der Waals surface area contributed by atoms with Crippen LogP contribution in [-0.2, 0) is 4.79 Å². The first-order valence-electron chi connectivity index (χ1n) is 7.74. The molecule has 2 aliphatic heterocycles. The third kappa shape index (κ3) is 2.13. The molecule has 6 heteroatoms. The summed E-state index contributed by atoms with van der Waals surface area (Å²) >= 11 is 0. The topological polar surface area (TPSA) is 66.7 Å². The van der Waals surface area contributed by atoms with Gasteiger partial charge in [0.1, 0.15) is 5.76 Å². The van der Waals surface area contributed by atoms with Gasteiger partial charge in [-0.15, -0.1) is 0 Å². The van der Waals surface area contributed by atoms with Gasteiger partial charge in [-0.1, -0.05) is 0 Å². The summed E-state index contributed by atoms with van der Waals surface area (Å²) in [6.07, 6.45) is 6.06. The van der Waals surface area contributed by atoms with Crippen LogP contribution in [0.2, 0.25) is 0 Å². The number of furan rings is 1. The van der Waals surface area contributed by atoms with Gasteiger partial charge in [0.05, 0.1) is 35.8 Å². The number of likely N-dealkylation sites (tertiary alicyclic amines) is 1. The van der Waals surface area contributed by atoms with Gasteiger partial charge in [-0.05, 0) is 31.5 Å².